The van der Waals surface area contributed by atoms with Crippen LogP contribution in [-0.4, -0.2) is 62.3 Å². The Kier molecular flexibility index (Phi) is 7.56. The first-order chi connectivity index (χ1) is 18.1. The van der Waals surface area contributed by atoms with Crippen LogP contribution in [0, 0.1) is 0 Å². The molecular weight excluding hydrogens is 466 g/mol. The van der Waals surface area contributed by atoms with Crippen LogP contribution < -0.4 is 24.4 Å². The topological polar surface area (TPSA) is 72.0 Å². The van der Waals surface area contributed by atoms with E-state index < -0.39 is 0 Å². The van der Waals surface area contributed by atoms with Gasteiger partial charge in [-0.1, -0.05) is 42.5 Å². The average Bonchev–Trinajstić information content (AvgIpc) is 2.95. The maximum atomic E-state index is 6.17. The van der Waals surface area contributed by atoms with Crippen LogP contribution in [0.2, 0.25) is 0 Å². The number of benzene rings is 3. The Morgan fingerprint density at radius 3 is 2.27 bits per heavy atom. The molecule has 4 aromatic rings. The molecule has 3 aromatic carbocycles. The summed E-state index contributed by atoms with van der Waals surface area (Å²) in [6.45, 7) is 4.81. The molecule has 0 saturated carbocycles. The highest BCUT2D eigenvalue weighted by Crippen LogP contribution is 2.36. The molecule has 0 aliphatic carbocycles. The molecule has 0 unspecified atom stereocenters. The van der Waals surface area contributed by atoms with Gasteiger partial charge >= 0.3 is 0 Å². The first-order valence-corrected chi connectivity index (χ1v) is 12.5. The van der Waals surface area contributed by atoms with Crippen molar-refractivity contribution >= 4 is 22.7 Å². The van der Waals surface area contributed by atoms with Crippen molar-refractivity contribution in [1.82, 2.24) is 14.9 Å². The quantitative estimate of drug-likeness (QED) is 0.359. The van der Waals surface area contributed by atoms with E-state index in [2.05, 4.69) is 22.2 Å². The number of ether oxygens (including phenoxy) is 3. The van der Waals surface area contributed by atoms with Gasteiger partial charge in [0.2, 0.25) is 5.95 Å². The summed E-state index contributed by atoms with van der Waals surface area (Å²) in [7, 11) is 5.48. The molecule has 0 radical (unpaired) electrons. The minimum atomic E-state index is 0.446. The summed E-state index contributed by atoms with van der Waals surface area (Å²) >= 11 is 0. The molecule has 8 nitrogen and oxygen atoms in total. The number of likely N-dealkylation sites (N-methyl/N-ethyl adjacent to an activating group) is 1. The van der Waals surface area contributed by atoms with E-state index in [9.17, 15) is 0 Å². The maximum absolute atomic E-state index is 6.17. The van der Waals surface area contributed by atoms with E-state index in [-0.39, 0.29) is 0 Å². The van der Waals surface area contributed by atoms with Crippen molar-refractivity contribution in [2.24, 2.45) is 0 Å². The number of aromatic nitrogens is 2. The van der Waals surface area contributed by atoms with E-state index in [1.54, 1.807) is 14.2 Å². The molecule has 0 spiro atoms. The first kappa shape index (κ1) is 24.6. The van der Waals surface area contributed by atoms with Gasteiger partial charge in [-0.3, -0.25) is 0 Å². The van der Waals surface area contributed by atoms with E-state index >= 15 is 0 Å². The van der Waals surface area contributed by atoms with Crippen molar-refractivity contribution in [2.75, 3.05) is 57.7 Å². The maximum Gasteiger partial charge on any atom is 0.225 e. The fourth-order valence-electron chi connectivity index (χ4n) is 4.39. The Morgan fingerprint density at radius 1 is 0.811 bits per heavy atom. The van der Waals surface area contributed by atoms with Gasteiger partial charge in [-0.05, 0) is 36.4 Å². The molecule has 2 heterocycles. The van der Waals surface area contributed by atoms with E-state index in [1.807, 2.05) is 66.7 Å². The zero-order valence-corrected chi connectivity index (χ0v) is 21.6. The third-order valence-corrected chi connectivity index (χ3v) is 6.61. The summed E-state index contributed by atoms with van der Waals surface area (Å²) in [4.78, 5) is 14.5. The number of piperazine rings is 1. The second kappa shape index (κ2) is 11.3. The molecule has 37 heavy (non-hydrogen) atoms. The number of fused-ring (bicyclic) bond motifs is 1. The molecule has 1 fully saturated rings. The summed E-state index contributed by atoms with van der Waals surface area (Å²) in [5, 5.41) is 4.36. The van der Waals surface area contributed by atoms with Gasteiger partial charge in [0.15, 0.2) is 11.5 Å². The average molecular weight is 500 g/mol. The van der Waals surface area contributed by atoms with Crippen molar-refractivity contribution in [1.29, 1.82) is 0 Å². The Morgan fingerprint density at radius 2 is 1.57 bits per heavy atom. The van der Waals surface area contributed by atoms with Crippen LogP contribution in [0.25, 0.3) is 10.9 Å². The Hall–Kier alpha value is -4.04. The lowest BCUT2D eigenvalue weighted by Crippen LogP contribution is -2.45. The second-order valence-corrected chi connectivity index (χ2v) is 9.16. The molecule has 1 saturated heterocycles. The van der Waals surface area contributed by atoms with Crippen LogP contribution in [0.4, 0.5) is 11.8 Å². The van der Waals surface area contributed by atoms with E-state index in [1.165, 1.54) is 0 Å². The minimum absolute atomic E-state index is 0.446. The number of methoxy groups -OCH3 is 2. The zero-order chi connectivity index (χ0) is 25.6. The van der Waals surface area contributed by atoms with Gasteiger partial charge < -0.3 is 29.3 Å². The van der Waals surface area contributed by atoms with Gasteiger partial charge in [0.25, 0.3) is 0 Å². The van der Waals surface area contributed by atoms with Gasteiger partial charge in [-0.2, -0.15) is 4.98 Å². The predicted octanol–water partition coefficient (Wildman–Crippen LogP) is 4.59. The minimum Gasteiger partial charge on any atom is -0.497 e. The summed E-state index contributed by atoms with van der Waals surface area (Å²) in [6, 6.07) is 22.0. The predicted molar refractivity (Wildman–Crippen MR) is 147 cm³/mol. The molecule has 192 valence electrons. The monoisotopic (exact) mass is 499 g/mol. The second-order valence-electron chi connectivity index (χ2n) is 9.16. The third kappa shape index (κ3) is 5.86. The van der Waals surface area contributed by atoms with Crippen LogP contribution in [0.15, 0.2) is 66.7 Å². The molecule has 1 aliphatic rings. The van der Waals surface area contributed by atoms with Gasteiger partial charge in [-0.15, -0.1) is 0 Å². The largest absolute Gasteiger partial charge is 0.497 e. The standard InChI is InChI=1S/C29H33N5O3/c1-33-13-15-34(16-14-33)28-24-17-26(36-3)27(37-20-22-7-5-4-6-8-22)18-25(24)31-29(32-28)30-19-21-9-11-23(35-2)12-10-21/h4-12,17-18H,13-16,19-20H2,1-3H3,(H,30,31,32). The summed E-state index contributed by atoms with van der Waals surface area (Å²) in [5.74, 6) is 3.64. The number of anilines is 2. The zero-order valence-electron chi connectivity index (χ0n) is 21.6. The Labute approximate surface area is 217 Å². The molecule has 1 N–H and O–H groups in total. The van der Waals surface area contributed by atoms with Gasteiger partial charge in [-0.25, -0.2) is 4.98 Å². The highest BCUT2D eigenvalue weighted by atomic mass is 16.5. The third-order valence-electron chi connectivity index (χ3n) is 6.61. The molecule has 0 bridgehead atoms. The Bertz CT molecular complexity index is 1320. The molecule has 0 atom stereocenters. The normalized spacial score (nSPS) is 14.0. The molecule has 0 amide bonds. The summed E-state index contributed by atoms with van der Waals surface area (Å²) < 4.78 is 17.2. The number of nitrogens with zero attached hydrogens (tertiary/aromatic N) is 4. The van der Waals surface area contributed by atoms with Gasteiger partial charge in [0.05, 0.1) is 19.7 Å². The van der Waals surface area contributed by atoms with Crippen molar-refractivity contribution in [3.05, 3.63) is 77.9 Å². The molecule has 1 aromatic heterocycles. The fourth-order valence-corrected chi connectivity index (χ4v) is 4.39. The first-order valence-electron chi connectivity index (χ1n) is 12.5. The van der Waals surface area contributed by atoms with Crippen molar-refractivity contribution in [2.45, 2.75) is 13.2 Å². The lowest BCUT2D eigenvalue weighted by atomic mass is 10.1. The van der Waals surface area contributed by atoms with Crippen LogP contribution in [0.3, 0.4) is 0 Å². The van der Waals surface area contributed by atoms with Crippen LogP contribution >= 0.6 is 0 Å². The number of hydrogen-bond donors (Lipinski definition) is 1. The number of hydrogen-bond acceptors (Lipinski definition) is 8. The SMILES string of the molecule is COc1ccc(CNc2nc(N3CCN(C)CC3)c3cc(OC)c(OCc4ccccc4)cc3n2)cc1. The van der Waals surface area contributed by atoms with E-state index in [0.717, 1.165) is 59.8 Å². The summed E-state index contributed by atoms with van der Waals surface area (Å²) in [5.41, 5.74) is 3.02. The Balaban J connectivity index is 1.48. The van der Waals surface area contributed by atoms with E-state index in [4.69, 9.17) is 24.2 Å². The lowest BCUT2D eigenvalue weighted by molar-refractivity contribution is 0.285. The fraction of sp³-hybridized carbons (Fsp3) is 0.310. The van der Waals surface area contributed by atoms with Crippen LogP contribution in [0.5, 0.6) is 17.2 Å². The smallest absolute Gasteiger partial charge is 0.225 e. The molecule has 1 aliphatic heterocycles. The number of rotatable bonds is 9. The van der Waals surface area contributed by atoms with Gasteiger partial charge in [0.1, 0.15) is 18.2 Å². The van der Waals surface area contributed by atoms with Crippen molar-refractivity contribution in [3.63, 3.8) is 0 Å². The van der Waals surface area contributed by atoms with Crippen molar-refractivity contribution < 1.29 is 14.2 Å². The van der Waals surface area contributed by atoms with Crippen LogP contribution in [0.1, 0.15) is 11.1 Å². The molecule has 5 rings (SSSR count). The highest BCUT2D eigenvalue weighted by molar-refractivity contribution is 5.93. The van der Waals surface area contributed by atoms with E-state index in [0.29, 0.717) is 30.6 Å². The van der Waals surface area contributed by atoms with Crippen LogP contribution in [-0.2, 0) is 13.2 Å². The summed E-state index contributed by atoms with van der Waals surface area (Å²) in [6.07, 6.45) is 0. The lowest BCUT2D eigenvalue weighted by Gasteiger charge is -2.34. The highest BCUT2D eigenvalue weighted by Gasteiger charge is 2.21. The number of nitrogens with one attached hydrogen (secondary N) is 1. The molecule has 8 heteroatoms. The van der Waals surface area contributed by atoms with Gasteiger partial charge in [0, 0.05) is 44.2 Å². The van der Waals surface area contributed by atoms with Crippen molar-refractivity contribution in [3.8, 4) is 17.2 Å². The molecular formula is C29H33N5O3.